The van der Waals surface area contributed by atoms with Crippen LogP contribution in [0.5, 0.6) is 0 Å². The Morgan fingerprint density at radius 1 is 1.32 bits per heavy atom. The first-order valence-corrected chi connectivity index (χ1v) is 9.24. The van der Waals surface area contributed by atoms with Crippen molar-refractivity contribution in [2.45, 2.75) is 70.8 Å². The molecule has 1 aliphatic rings. The van der Waals surface area contributed by atoms with Crippen LogP contribution < -0.4 is 4.90 Å². The Balaban J connectivity index is 2.37. The van der Waals surface area contributed by atoms with E-state index in [1.54, 1.807) is 6.07 Å². The quantitative estimate of drug-likeness (QED) is 0.543. The minimum atomic E-state index is -0.879. The third-order valence-corrected chi connectivity index (χ3v) is 5.25. The number of benzene rings is 1. The Kier molecular flexibility index (Phi) is 6.79. The van der Waals surface area contributed by atoms with Crippen LogP contribution in [0.25, 0.3) is 0 Å². The fourth-order valence-electron chi connectivity index (χ4n) is 3.91. The molecule has 0 bridgehead atoms. The fourth-order valence-corrected chi connectivity index (χ4v) is 3.91. The number of anilines is 1. The first-order valence-electron chi connectivity index (χ1n) is 9.24. The van der Waals surface area contributed by atoms with Crippen molar-refractivity contribution in [2.24, 2.45) is 0 Å². The highest BCUT2D eigenvalue weighted by Gasteiger charge is 2.27. The fraction of sp³-hybridized carbons (Fsp3) is 0.632. The van der Waals surface area contributed by atoms with E-state index >= 15 is 0 Å². The van der Waals surface area contributed by atoms with Crippen LogP contribution in [-0.4, -0.2) is 28.6 Å². The van der Waals surface area contributed by atoms with Crippen molar-refractivity contribution in [3.63, 3.8) is 0 Å². The molecule has 1 saturated carbocycles. The number of carboxylic acids is 1. The predicted octanol–water partition coefficient (Wildman–Crippen LogP) is 4.72. The van der Waals surface area contributed by atoms with E-state index in [1.807, 2.05) is 26.0 Å². The molecule has 1 aromatic rings. The molecule has 1 atom stereocenters. The summed E-state index contributed by atoms with van der Waals surface area (Å²) in [5.74, 6) is -1.08. The van der Waals surface area contributed by atoms with Crippen LogP contribution in [0.3, 0.4) is 0 Å². The Hall–Kier alpha value is -2.11. The Labute approximate surface area is 149 Å². The lowest BCUT2D eigenvalue weighted by molar-refractivity contribution is -0.384. The molecular formula is C19H28N2O4. The number of carbonyl (C=O) groups is 1. The van der Waals surface area contributed by atoms with Crippen molar-refractivity contribution in [1.29, 1.82) is 0 Å². The third-order valence-electron chi connectivity index (χ3n) is 5.25. The van der Waals surface area contributed by atoms with E-state index in [4.69, 9.17) is 5.11 Å². The first-order chi connectivity index (χ1) is 12.0. The highest BCUT2D eigenvalue weighted by molar-refractivity contribution is 5.69. The second-order valence-electron chi connectivity index (χ2n) is 6.79. The maximum atomic E-state index is 11.7. The smallest absolute Gasteiger partial charge is 0.303 e. The number of nitro benzene ring substituents is 1. The van der Waals surface area contributed by atoms with E-state index in [0.29, 0.717) is 18.2 Å². The molecule has 0 aromatic heterocycles. The minimum absolute atomic E-state index is 0.00683. The standard InChI is InChI=1S/C19H28N2O4/c1-3-14(13-19(22)23)15-10-11-17(18(12-15)21(24)25)20(4-2)16-8-6-5-7-9-16/h10-12,14,16H,3-9,13H2,1-2H3,(H,22,23). The van der Waals surface area contributed by atoms with Gasteiger partial charge in [0.25, 0.3) is 5.69 Å². The van der Waals surface area contributed by atoms with Crippen molar-refractivity contribution in [2.75, 3.05) is 11.4 Å². The van der Waals surface area contributed by atoms with E-state index in [-0.39, 0.29) is 22.9 Å². The van der Waals surface area contributed by atoms with Gasteiger partial charge < -0.3 is 10.0 Å². The average Bonchev–Trinajstić information content (AvgIpc) is 2.61. The van der Waals surface area contributed by atoms with E-state index in [9.17, 15) is 14.9 Å². The topological polar surface area (TPSA) is 83.7 Å². The van der Waals surface area contributed by atoms with Gasteiger partial charge in [-0.25, -0.2) is 0 Å². The van der Waals surface area contributed by atoms with Crippen LogP contribution in [0.15, 0.2) is 18.2 Å². The zero-order valence-electron chi connectivity index (χ0n) is 15.1. The molecule has 0 amide bonds. The summed E-state index contributed by atoms with van der Waals surface area (Å²) in [6.45, 7) is 4.68. The third kappa shape index (κ3) is 4.71. The molecule has 0 heterocycles. The molecule has 2 rings (SSSR count). The van der Waals surface area contributed by atoms with Crippen LogP contribution in [0.2, 0.25) is 0 Å². The molecule has 0 aliphatic heterocycles. The number of nitrogens with zero attached hydrogens (tertiary/aromatic N) is 2. The molecule has 1 aliphatic carbocycles. The van der Waals surface area contributed by atoms with Gasteiger partial charge in [-0.2, -0.15) is 0 Å². The van der Waals surface area contributed by atoms with Gasteiger partial charge in [0.05, 0.1) is 11.3 Å². The molecule has 1 aromatic carbocycles. The SMILES string of the molecule is CCC(CC(=O)O)c1ccc(N(CC)C2CCCCC2)c([N+](=O)[O-])c1. The van der Waals surface area contributed by atoms with Crippen LogP contribution in [0.1, 0.15) is 70.3 Å². The lowest BCUT2D eigenvalue weighted by Gasteiger charge is -2.35. The number of hydrogen-bond acceptors (Lipinski definition) is 4. The number of hydrogen-bond donors (Lipinski definition) is 1. The Bertz CT molecular complexity index is 611. The van der Waals surface area contributed by atoms with E-state index in [2.05, 4.69) is 4.90 Å². The van der Waals surface area contributed by atoms with Gasteiger partial charge in [0, 0.05) is 18.7 Å². The molecular weight excluding hydrogens is 320 g/mol. The summed E-state index contributed by atoms with van der Waals surface area (Å²) in [7, 11) is 0. The highest BCUT2D eigenvalue weighted by atomic mass is 16.6. The van der Waals surface area contributed by atoms with Crippen LogP contribution in [-0.2, 0) is 4.79 Å². The molecule has 1 fully saturated rings. The lowest BCUT2D eigenvalue weighted by atomic mass is 9.91. The van der Waals surface area contributed by atoms with Gasteiger partial charge in [-0.05, 0) is 43.7 Å². The van der Waals surface area contributed by atoms with Gasteiger partial charge in [0.1, 0.15) is 5.69 Å². The number of nitro groups is 1. The van der Waals surface area contributed by atoms with E-state index in [0.717, 1.165) is 24.9 Å². The second kappa shape index (κ2) is 8.83. The number of rotatable bonds is 8. The molecule has 1 N–H and O–H groups in total. The number of carboxylic acid groups (broad SMARTS) is 1. The van der Waals surface area contributed by atoms with Crippen molar-refractivity contribution in [1.82, 2.24) is 0 Å². The summed E-state index contributed by atoms with van der Waals surface area (Å²) in [6.07, 6.45) is 6.36. The van der Waals surface area contributed by atoms with Gasteiger partial charge in [0.15, 0.2) is 0 Å². The van der Waals surface area contributed by atoms with Crippen molar-refractivity contribution in [3.8, 4) is 0 Å². The predicted molar refractivity (Wildman–Crippen MR) is 98.3 cm³/mol. The monoisotopic (exact) mass is 348 g/mol. The molecule has 1 unspecified atom stereocenters. The molecule has 6 heteroatoms. The first kappa shape index (κ1) is 19.2. The van der Waals surface area contributed by atoms with Gasteiger partial charge in [-0.1, -0.05) is 32.3 Å². The molecule has 0 spiro atoms. The average molecular weight is 348 g/mol. The van der Waals surface area contributed by atoms with Crippen molar-refractivity contribution in [3.05, 3.63) is 33.9 Å². The summed E-state index contributed by atoms with van der Waals surface area (Å²) < 4.78 is 0. The summed E-state index contributed by atoms with van der Waals surface area (Å²) >= 11 is 0. The molecule has 25 heavy (non-hydrogen) atoms. The largest absolute Gasteiger partial charge is 0.481 e. The maximum absolute atomic E-state index is 11.7. The van der Waals surface area contributed by atoms with Crippen molar-refractivity contribution >= 4 is 17.3 Å². The zero-order valence-corrected chi connectivity index (χ0v) is 15.1. The van der Waals surface area contributed by atoms with Crippen LogP contribution in [0, 0.1) is 10.1 Å². The molecule has 6 nitrogen and oxygen atoms in total. The van der Waals surface area contributed by atoms with Gasteiger partial charge in [-0.15, -0.1) is 0 Å². The van der Waals surface area contributed by atoms with Gasteiger partial charge in [-0.3, -0.25) is 14.9 Å². The lowest BCUT2D eigenvalue weighted by Crippen LogP contribution is -2.37. The Morgan fingerprint density at radius 2 is 2.00 bits per heavy atom. The minimum Gasteiger partial charge on any atom is -0.481 e. The summed E-state index contributed by atoms with van der Waals surface area (Å²) in [5.41, 5.74) is 1.49. The summed E-state index contributed by atoms with van der Waals surface area (Å²) in [4.78, 5) is 24.5. The molecule has 138 valence electrons. The second-order valence-corrected chi connectivity index (χ2v) is 6.79. The number of aliphatic carboxylic acids is 1. The van der Waals surface area contributed by atoms with E-state index < -0.39 is 5.97 Å². The Morgan fingerprint density at radius 3 is 2.52 bits per heavy atom. The molecule has 0 saturated heterocycles. The highest BCUT2D eigenvalue weighted by Crippen LogP contribution is 2.36. The van der Waals surface area contributed by atoms with Gasteiger partial charge in [0.2, 0.25) is 0 Å². The normalized spacial score (nSPS) is 16.4. The maximum Gasteiger partial charge on any atom is 0.303 e. The van der Waals surface area contributed by atoms with Crippen molar-refractivity contribution < 1.29 is 14.8 Å². The van der Waals surface area contributed by atoms with Gasteiger partial charge >= 0.3 is 5.97 Å². The zero-order chi connectivity index (χ0) is 18.4. The van der Waals surface area contributed by atoms with Crippen LogP contribution >= 0.6 is 0 Å². The van der Waals surface area contributed by atoms with Crippen LogP contribution in [0.4, 0.5) is 11.4 Å². The van der Waals surface area contributed by atoms with E-state index in [1.165, 1.54) is 19.3 Å². The summed E-state index contributed by atoms with van der Waals surface area (Å²) in [5, 5.41) is 20.7. The molecule has 0 radical (unpaired) electrons. The summed E-state index contributed by atoms with van der Waals surface area (Å²) in [6, 6.07) is 5.61.